The van der Waals surface area contributed by atoms with Gasteiger partial charge in [0.2, 0.25) is 0 Å². The molecule has 5 aliphatic carbocycles. The minimum absolute atomic E-state index is 0.0471. The van der Waals surface area contributed by atoms with Gasteiger partial charge in [0.05, 0.1) is 37.9 Å². The van der Waals surface area contributed by atoms with Gasteiger partial charge in [-0.3, -0.25) is 4.90 Å². The van der Waals surface area contributed by atoms with E-state index >= 15 is 0 Å². The number of nitrogens with zero attached hydrogens (tertiary/aromatic N) is 1. The lowest BCUT2D eigenvalue weighted by Gasteiger charge is -2.61. The second kappa shape index (κ2) is 13.5. The highest BCUT2D eigenvalue weighted by atomic mass is 16.5. The van der Waals surface area contributed by atoms with Crippen molar-refractivity contribution in [3.8, 4) is 0 Å². The number of nitrogens with one attached hydrogen (secondary N) is 2. The number of rotatable bonds is 10. The summed E-state index contributed by atoms with van der Waals surface area (Å²) < 4.78 is 7.31. The number of hydrogen-bond acceptors (Lipinski definition) is 7. The summed E-state index contributed by atoms with van der Waals surface area (Å²) in [6.07, 6.45) is 20.9. The number of ether oxygens (including phenoxy) is 1. The number of piperidine rings is 1. The van der Waals surface area contributed by atoms with E-state index in [4.69, 9.17) is 10.5 Å². The first kappa shape index (κ1) is 35.4. The van der Waals surface area contributed by atoms with Gasteiger partial charge in [-0.25, -0.2) is 4.99 Å². The minimum atomic E-state index is -1.63. The monoisotopic (exact) mass is 678 g/mol. The Balaban J connectivity index is 1.30. The van der Waals surface area contributed by atoms with Crippen LogP contribution in [0.1, 0.15) is 97.3 Å². The molecule has 12 atom stereocenters. The quantitative estimate of drug-likeness (QED) is 0.136. The van der Waals surface area contributed by atoms with Crippen LogP contribution in [0.25, 0.3) is 0 Å². The maximum atomic E-state index is 13.5. The molecule has 0 amide bonds. The molecule has 2 saturated heterocycles. The molecule has 1 unspecified atom stereocenters. The van der Waals surface area contributed by atoms with Crippen molar-refractivity contribution in [2.24, 2.45) is 56.6 Å². The van der Waals surface area contributed by atoms with E-state index < -0.39 is 23.1 Å². The number of aliphatic hydroxyl groups excluding tert-OH is 1. The van der Waals surface area contributed by atoms with E-state index in [0.717, 1.165) is 70.2 Å². The third kappa shape index (κ3) is 5.26. The lowest BCUT2D eigenvalue weighted by molar-refractivity contribution is -0.828. The summed E-state index contributed by atoms with van der Waals surface area (Å²) in [7, 11) is 1.75. The predicted molar refractivity (Wildman–Crippen MR) is 188 cm³/mol. The highest BCUT2D eigenvalue weighted by Gasteiger charge is 2.77. The molecule has 5 fully saturated rings. The van der Waals surface area contributed by atoms with Crippen LogP contribution in [-0.2, 0) is 9.53 Å². The lowest BCUT2D eigenvalue weighted by atomic mass is 9.45. The number of nitrogens with two attached hydrogens (primary N) is 1. The molecule has 272 valence electrons. The van der Waals surface area contributed by atoms with Gasteiger partial charge in [-0.05, 0) is 93.4 Å². The predicted octanol–water partition coefficient (Wildman–Crippen LogP) is 2.29. The SMILES string of the molecule is CCCCC[C@@]12CC[C@@H]([C@]3(O)C[C@@]45C(=C3C(=O)[O-])C[C@@H](CC[C@H]4C)[C@@]53C[NH+](C(N)=NC)CC[C@@H]3CNCCO)O[C@@H]1[C@H]1C=CC=C[C@H]1CC2. The van der Waals surface area contributed by atoms with Crippen LogP contribution in [0.5, 0.6) is 0 Å². The van der Waals surface area contributed by atoms with E-state index in [2.05, 4.69) is 48.5 Å². The molecule has 6 N–H and O–H groups in total. The molecule has 0 aromatic carbocycles. The molecule has 7 rings (SSSR count). The van der Waals surface area contributed by atoms with Crippen molar-refractivity contribution in [2.45, 2.75) is 115 Å². The number of hydrogen-bond donors (Lipinski definition) is 5. The Morgan fingerprint density at radius 2 is 1.96 bits per heavy atom. The van der Waals surface area contributed by atoms with Gasteiger partial charge >= 0.3 is 0 Å². The van der Waals surface area contributed by atoms with Crippen molar-refractivity contribution in [2.75, 3.05) is 39.8 Å². The van der Waals surface area contributed by atoms with Gasteiger partial charge in [0.15, 0.2) is 0 Å². The fourth-order valence-electron chi connectivity index (χ4n) is 13.3. The smallest absolute Gasteiger partial charge is 0.293 e. The van der Waals surface area contributed by atoms with Crippen LogP contribution >= 0.6 is 0 Å². The Labute approximate surface area is 293 Å². The first-order valence-electron chi connectivity index (χ1n) is 19.7. The van der Waals surface area contributed by atoms with Crippen molar-refractivity contribution in [1.29, 1.82) is 0 Å². The lowest BCUT2D eigenvalue weighted by Crippen LogP contribution is -3.19. The number of fused-ring (bicyclic) bond motifs is 3. The molecule has 3 saturated carbocycles. The third-order valence-corrected chi connectivity index (χ3v) is 15.4. The van der Waals surface area contributed by atoms with Crippen LogP contribution in [-0.4, -0.2) is 79.8 Å². The molecular weight excluding hydrogens is 616 g/mol. The highest BCUT2D eigenvalue weighted by Crippen LogP contribution is 2.77. The van der Waals surface area contributed by atoms with Crippen molar-refractivity contribution < 1.29 is 29.8 Å². The molecule has 0 radical (unpaired) electrons. The molecule has 2 aliphatic heterocycles. The minimum Gasteiger partial charge on any atom is -0.545 e. The molecule has 2 spiro atoms. The molecule has 7 aliphatic rings. The largest absolute Gasteiger partial charge is 0.545 e. The molecule has 49 heavy (non-hydrogen) atoms. The Morgan fingerprint density at radius 3 is 2.71 bits per heavy atom. The number of carbonyl (C=O) groups excluding carboxylic acids is 1. The van der Waals surface area contributed by atoms with E-state index in [1.807, 2.05) is 0 Å². The van der Waals surface area contributed by atoms with Crippen molar-refractivity contribution >= 4 is 11.9 Å². The number of carboxylic acids is 1. The molecular formula is C40H62N4O5. The van der Waals surface area contributed by atoms with Crippen molar-refractivity contribution in [1.82, 2.24) is 5.32 Å². The standard InChI is InChI=1S/C40H62N4O5/c1-4-5-8-16-37-17-13-27-9-6-7-10-30(27)34(37)49-32(14-18-37)40(48)24-38-26(2)11-12-28(22-31(38)33(40)35(46)47)39(38)25-44(36(41)42-3)20-15-29(39)23-43-19-21-45/h6-7,9-10,26-30,32,34,43,45,48H,4-5,8,11-25H2,1-3H3,(H2,41,42)(H,46,47)/t26-,27+,28-,29-,30+,32+,34-,37-,38+,39-,40-/m1/s1. The maximum Gasteiger partial charge on any atom is 0.293 e. The number of likely N-dealkylation sites (tertiary alicyclic amines) is 1. The van der Waals surface area contributed by atoms with Gasteiger partial charge in [0.25, 0.3) is 5.96 Å². The van der Waals surface area contributed by atoms with Crippen LogP contribution in [0.4, 0.5) is 0 Å². The molecule has 9 heteroatoms. The Hall–Kier alpha value is -2.04. The molecule has 0 aromatic heterocycles. The van der Waals surface area contributed by atoms with E-state index in [1.165, 1.54) is 24.2 Å². The fourth-order valence-corrected chi connectivity index (χ4v) is 13.3. The summed E-state index contributed by atoms with van der Waals surface area (Å²) >= 11 is 0. The summed E-state index contributed by atoms with van der Waals surface area (Å²) in [5, 5.41) is 40.0. The van der Waals surface area contributed by atoms with Crippen molar-refractivity contribution in [3.63, 3.8) is 0 Å². The van der Waals surface area contributed by atoms with E-state index in [9.17, 15) is 20.1 Å². The first-order chi connectivity index (χ1) is 23.6. The number of guanidine groups is 1. The summed E-state index contributed by atoms with van der Waals surface area (Å²) in [6, 6.07) is 0. The van der Waals surface area contributed by atoms with E-state index in [-0.39, 0.29) is 52.8 Å². The van der Waals surface area contributed by atoms with Gasteiger partial charge in [-0.15, -0.1) is 0 Å². The number of unbranched alkanes of at least 4 members (excludes halogenated alkanes) is 2. The summed E-state index contributed by atoms with van der Waals surface area (Å²) in [4.78, 5) is 19.1. The van der Waals surface area contributed by atoms with Crippen LogP contribution < -0.4 is 21.1 Å². The number of quaternary nitrogens is 1. The van der Waals surface area contributed by atoms with Crippen molar-refractivity contribution in [3.05, 3.63) is 35.5 Å². The van der Waals surface area contributed by atoms with Crippen LogP contribution in [0.3, 0.4) is 0 Å². The Kier molecular flexibility index (Phi) is 9.74. The summed E-state index contributed by atoms with van der Waals surface area (Å²) in [5.41, 5.74) is 5.30. The molecule has 2 heterocycles. The van der Waals surface area contributed by atoms with E-state index in [1.54, 1.807) is 7.05 Å². The van der Waals surface area contributed by atoms with Gasteiger partial charge < -0.3 is 35.9 Å². The Bertz CT molecular complexity index is 1390. The van der Waals surface area contributed by atoms with Crippen LogP contribution in [0.15, 0.2) is 40.4 Å². The average molecular weight is 679 g/mol. The van der Waals surface area contributed by atoms with Gasteiger partial charge in [-0.2, -0.15) is 0 Å². The van der Waals surface area contributed by atoms with Gasteiger partial charge in [-0.1, -0.05) is 63.0 Å². The highest BCUT2D eigenvalue weighted by molar-refractivity contribution is 5.90. The maximum absolute atomic E-state index is 13.5. The van der Waals surface area contributed by atoms with E-state index in [0.29, 0.717) is 37.7 Å². The number of aliphatic imine (C=N–C) groups is 1. The zero-order valence-corrected chi connectivity index (χ0v) is 30.2. The van der Waals surface area contributed by atoms with Gasteiger partial charge in [0, 0.05) is 42.3 Å². The summed E-state index contributed by atoms with van der Waals surface area (Å²) in [6.45, 7) is 7.53. The molecule has 9 nitrogen and oxygen atoms in total. The third-order valence-electron chi connectivity index (χ3n) is 15.4. The first-order valence-corrected chi connectivity index (χ1v) is 19.7. The number of aliphatic hydroxyl groups is 2. The van der Waals surface area contributed by atoms with Gasteiger partial charge in [0.1, 0.15) is 5.60 Å². The van der Waals surface area contributed by atoms with Crippen LogP contribution in [0, 0.1) is 45.8 Å². The second-order valence-corrected chi connectivity index (χ2v) is 17.1. The number of carboxylic acid groups (broad SMARTS) is 1. The second-order valence-electron chi connectivity index (χ2n) is 17.1. The Morgan fingerprint density at radius 1 is 1.16 bits per heavy atom. The number of carbonyl (C=O) groups is 1. The summed E-state index contributed by atoms with van der Waals surface area (Å²) in [5.74, 6) is 0.758. The normalized spacial score (nSPS) is 45.8. The number of aliphatic carboxylic acids is 1. The zero-order chi connectivity index (χ0) is 34.6. The fraction of sp³-hybridized carbons (Fsp3) is 0.800. The molecule has 0 aromatic rings. The number of allylic oxidation sites excluding steroid dienone is 4. The zero-order valence-electron chi connectivity index (χ0n) is 30.2. The average Bonchev–Trinajstić information content (AvgIpc) is 3.46. The molecule has 2 bridgehead atoms. The van der Waals surface area contributed by atoms with Crippen LogP contribution in [0.2, 0.25) is 0 Å². The topological polar surface area (TPSA) is 145 Å².